The maximum absolute atomic E-state index is 12.1. The molecule has 1 heterocycles. The molecule has 0 aliphatic rings. The number of ether oxygens (including phenoxy) is 1. The summed E-state index contributed by atoms with van der Waals surface area (Å²) in [6.07, 6.45) is 1.39. The number of carbonyl (C=O) groups is 1. The molecule has 0 bridgehead atoms. The Morgan fingerprint density at radius 3 is 2.79 bits per heavy atom. The highest BCUT2D eigenvalue weighted by Crippen LogP contribution is 2.18. The summed E-state index contributed by atoms with van der Waals surface area (Å²) in [5.41, 5.74) is 0.420. The molecule has 0 unspecified atom stereocenters. The Balaban J connectivity index is 2.18. The molecular formula is C12H11N3O4. The maximum Gasteiger partial charge on any atom is 0.389 e. The first-order valence-corrected chi connectivity index (χ1v) is 5.46. The van der Waals surface area contributed by atoms with Gasteiger partial charge < -0.3 is 14.9 Å². The molecule has 0 amide bonds. The van der Waals surface area contributed by atoms with Gasteiger partial charge in [0.15, 0.2) is 5.78 Å². The van der Waals surface area contributed by atoms with Crippen molar-refractivity contribution in [1.82, 2.24) is 9.78 Å². The number of Topliss-reactive ketones (excluding diaryl/α,β-unsaturated/α-hetero) is 1. The second-order valence-corrected chi connectivity index (χ2v) is 3.75. The van der Waals surface area contributed by atoms with Crippen molar-refractivity contribution >= 4 is 11.6 Å². The van der Waals surface area contributed by atoms with Gasteiger partial charge in [-0.3, -0.25) is 4.79 Å². The summed E-state index contributed by atoms with van der Waals surface area (Å²) in [6, 6.07) is 8.04. The first-order chi connectivity index (χ1) is 9.11. The summed E-state index contributed by atoms with van der Waals surface area (Å²) in [4.78, 5) is 22.0. The van der Waals surface area contributed by atoms with Gasteiger partial charge in [0.05, 0.1) is 30.0 Å². The molecular weight excluding hydrogens is 250 g/mol. The lowest BCUT2D eigenvalue weighted by molar-refractivity contribution is -0.389. The quantitative estimate of drug-likeness (QED) is 0.464. The Bertz CT molecular complexity index is 621. The van der Waals surface area contributed by atoms with Gasteiger partial charge in [0.1, 0.15) is 12.3 Å². The number of ketones is 1. The van der Waals surface area contributed by atoms with Gasteiger partial charge in [-0.05, 0) is 17.1 Å². The molecule has 0 radical (unpaired) electrons. The van der Waals surface area contributed by atoms with Gasteiger partial charge in [-0.2, -0.15) is 4.68 Å². The van der Waals surface area contributed by atoms with Crippen LogP contribution in [-0.2, 0) is 6.54 Å². The molecule has 0 aliphatic carbocycles. The van der Waals surface area contributed by atoms with E-state index in [0.29, 0.717) is 11.3 Å². The molecule has 0 N–H and O–H groups in total. The molecule has 98 valence electrons. The van der Waals surface area contributed by atoms with Crippen LogP contribution in [0.15, 0.2) is 36.5 Å². The number of aromatic nitrogens is 2. The average molecular weight is 261 g/mol. The number of rotatable bonds is 5. The van der Waals surface area contributed by atoms with Gasteiger partial charge in [-0.15, -0.1) is 0 Å². The molecule has 7 nitrogen and oxygen atoms in total. The summed E-state index contributed by atoms with van der Waals surface area (Å²) in [7, 11) is 1.48. The zero-order valence-corrected chi connectivity index (χ0v) is 10.1. The lowest BCUT2D eigenvalue weighted by Gasteiger charge is -2.05. The Morgan fingerprint density at radius 2 is 2.16 bits per heavy atom. The third-order valence-electron chi connectivity index (χ3n) is 2.53. The van der Waals surface area contributed by atoms with E-state index >= 15 is 0 Å². The molecule has 0 atom stereocenters. The fourth-order valence-corrected chi connectivity index (χ4v) is 1.64. The lowest BCUT2D eigenvalue weighted by atomic mass is 10.1. The molecule has 2 aromatic rings. The van der Waals surface area contributed by atoms with Gasteiger partial charge in [0.25, 0.3) is 0 Å². The predicted octanol–water partition coefficient (Wildman–Crippen LogP) is 1.68. The standard InChI is InChI=1S/C12H11N3O4/c1-19-11-5-3-2-4-9(11)10(16)8-14-7-6-12(13-14)15(17)18/h2-7H,8H2,1H3. The molecule has 19 heavy (non-hydrogen) atoms. The van der Waals surface area contributed by atoms with Crippen molar-refractivity contribution in [1.29, 1.82) is 0 Å². The minimum atomic E-state index is -0.607. The maximum atomic E-state index is 12.1. The summed E-state index contributed by atoms with van der Waals surface area (Å²) in [5.74, 6) is -0.0440. The minimum Gasteiger partial charge on any atom is -0.496 e. The van der Waals surface area contributed by atoms with E-state index in [1.165, 1.54) is 24.1 Å². The number of hydrogen-bond acceptors (Lipinski definition) is 5. The van der Waals surface area contributed by atoms with Crippen molar-refractivity contribution in [2.24, 2.45) is 0 Å². The van der Waals surface area contributed by atoms with Crippen molar-refractivity contribution in [3.8, 4) is 5.75 Å². The summed E-state index contributed by atoms with van der Waals surface area (Å²) in [6.45, 7) is -0.0752. The van der Waals surface area contributed by atoms with Crippen molar-refractivity contribution in [3.05, 3.63) is 52.2 Å². The van der Waals surface area contributed by atoms with Gasteiger partial charge in [0, 0.05) is 0 Å². The van der Waals surface area contributed by atoms with Crippen LogP contribution < -0.4 is 4.74 Å². The fraction of sp³-hybridized carbons (Fsp3) is 0.167. The highest BCUT2D eigenvalue weighted by molar-refractivity contribution is 5.98. The molecule has 0 saturated heterocycles. The number of methoxy groups -OCH3 is 1. The Labute approximate surface area is 108 Å². The zero-order valence-electron chi connectivity index (χ0n) is 10.1. The molecule has 2 rings (SSSR count). The lowest BCUT2D eigenvalue weighted by Crippen LogP contribution is -2.12. The second-order valence-electron chi connectivity index (χ2n) is 3.75. The van der Waals surface area contributed by atoms with Crippen LogP contribution in [0.5, 0.6) is 5.75 Å². The Morgan fingerprint density at radius 1 is 1.42 bits per heavy atom. The first kappa shape index (κ1) is 12.7. The van der Waals surface area contributed by atoms with Crippen LogP contribution >= 0.6 is 0 Å². The van der Waals surface area contributed by atoms with Gasteiger partial charge in [-0.1, -0.05) is 12.1 Å². The monoisotopic (exact) mass is 261 g/mol. The topological polar surface area (TPSA) is 87.3 Å². The summed E-state index contributed by atoms with van der Waals surface area (Å²) >= 11 is 0. The van der Waals surface area contributed by atoms with Gasteiger partial charge >= 0.3 is 5.82 Å². The van der Waals surface area contributed by atoms with Crippen molar-refractivity contribution in [2.45, 2.75) is 6.54 Å². The largest absolute Gasteiger partial charge is 0.496 e. The molecule has 0 aliphatic heterocycles. The SMILES string of the molecule is COc1ccccc1C(=O)Cn1ccc([N+](=O)[O-])n1. The first-order valence-electron chi connectivity index (χ1n) is 5.46. The Kier molecular flexibility index (Phi) is 3.56. The third-order valence-corrected chi connectivity index (χ3v) is 2.53. The number of hydrogen-bond donors (Lipinski definition) is 0. The summed E-state index contributed by atoms with van der Waals surface area (Å²) in [5, 5.41) is 14.2. The van der Waals surface area contributed by atoms with E-state index in [-0.39, 0.29) is 18.1 Å². The van der Waals surface area contributed by atoms with E-state index in [4.69, 9.17) is 4.74 Å². The second kappa shape index (κ2) is 5.30. The molecule has 0 fully saturated rings. The highest BCUT2D eigenvalue weighted by atomic mass is 16.6. The molecule has 7 heteroatoms. The summed E-state index contributed by atoms with van der Waals surface area (Å²) < 4.78 is 6.32. The van der Waals surface area contributed by atoms with E-state index in [1.54, 1.807) is 24.3 Å². The van der Waals surface area contributed by atoms with E-state index < -0.39 is 4.92 Å². The van der Waals surface area contributed by atoms with Crippen LogP contribution in [0, 0.1) is 10.1 Å². The van der Waals surface area contributed by atoms with E-state index in [0.717, 1.165) is 0 Å². The average Bonchev–Trinajstić information content (AvgIpc) is 2.87. The van der Waals surface area contributed by atoms with Crippen molar-refractivity contribution in [3.63, 3.8) is 0 Å². The number of benzene rings is 1. The minimum absolute atomic E-state index is 0.0752. The van der Waals surface area contributed by atoms with Gasteiger partial charge in [-0.25, -0.2) is 0 Å². The molecule has 1 aromatic heterocycles. The van der Waals surface area contributed by atoms with Crippen LogP contribution in [0.2, 0.25) is 0 Å². The fourth-order valence-electron chi connectivity index (χ4n) is 1.64. The van der Waals surface area contributed by atoms with Crippen LogP contribution in [0.25, 0.3) is 0 Å². The zero-order chi connectivity index (χ0) is 13.8. The predicted molar refractivity (Wildman–Crippen MR) is 66.2 cm³/mol. The third kappa shape index (κ3) is 2.76. The molecule has 0 spiro atoms. The number of nitrogens with zero attached hydrogens (tertiary/aromatic N) is 3. The van der Waals surface area contributed by atoms with Crippen LogP contribution in [0.4, 0.5) is 5.82 Å². The van der Waals surface area contributed by atoms with Crippen LogP contribution in [-0.4, -0.2) is 27.6 Å². The van der Waals surface area contributed by atoms with Crippen molar-refractivity contribution in [2.75, 3.05) is 7.11 Å². The normalized spacial score (nSPS) is 10.2. The number of nitro groups is 1. The Hall–Kier alpha value is -2.70. The van der Waals surface area contributed by atoms with Crippen LogP contribution in [0.1, 0.15) is 10.4 Å². The van der Waals surface area contributed by atoms with E-state index in [2.05, 4.69) is 5.10 Å². The van der Waals surface area contributed by atoms with Gasteiger partial charge in [0.2, 0.25) is 0 Å². The molecule has 1 aromatic carbocycles. The van der Waals surface area contributed by atoms with E-state index in [9.17, 15) is 14.9 Å². The van der Waals surface area contributed by atoms with Crippen LogP contribution in [0.3, 0.4) is 0 Å². The van der Waals surface area contributed by atoms with E-state index in [1.807, 2.05) is 0 Å². The van der Waals surface area contributed by atoms with Crippen molar-refractivity contribution < 1.29 is 14.5 Å². The number of carbonyl (C=O) groups excluding carboxylic acids is 1. The number of para-hydroxylation sites is 1. The molecule has 0 saturated carbocycles. The smallest absolute Gasteiger partial charge is 0.389 e. The highest BCUT2D eigenvalue weighted by Gasteiger charge is 2.16.